The van der Waals surface area contributed by atoms with Crippen molar-refractivity contribution in [2.75, 3.05) is 14.1 Å². The maximum absolute atomic E-state index is 14.0. The number of benzene rings is 2. The third-order valence-electron chi connectivity index (χ3n) is 5.67. The molecule has 1 saturated carbocycles. The number of para-hydroxylation sites is 1. The number of carbonyl (C=O) groups excluding carboxylic acids is 1. The van der Waals surface area contributed by atoms with Gasteiger partial charge in [-0.05, 0) is 45.0 Å². The first-order valence-electron chi connectivity index (χ1n) is 9.85. The second kappa shape index (κ2) is 9.13. The van der Waals surface area contributed by atoms with Gasteiger partial charge < -0.3 is 10.2 Å². The van der Waals surface area contributed by atoms with Crippen molar-refractivity contribution in [3.8, 4) is 0 Å². The fraction of sp³-hybridized carbons (Fsp3) is 0.409. The van der Waals surface area contributed by atoms with E-state index in [0.717, 1.165) is 25.7 Å². The molecule has 0 saturated heterocycles. The standard InChI is InChI=1S/C22H26FN3O3/c1-25(2)21(17-11-5-8-14-20(17)26(28)29)16-10-4-7-13-19(16)24-22(27)15-9-3-6-12-18(15)23/h3,5-6,8-9,11-12,14,16,19,21H,4,7,10,13H2,1-2H3,(H,24,27). The number of halogens is 1. The van der Waals surface area contributed by atoms with Crippen molar-refractivity contribution >= 4 is 11.6 Å². The lowest BCUT2D eigenvalue weighted by Gasteiger charge is -2.40. The van der Waals surface area contributed by atoms with E-state index in [9.17, 15) is 19.3 Å². The molecule has 0 radical (unpaired) electrons. The quantitative estimate of drug-likeness (QED) is 0.580. The van der Waals surface area contributed by atoms with Gasteiger partial charge in [-0.3, -0.25) is 14.9 Å². The van der Waals surface area contributed by atoms with E-state index < -0.39 is 11.7 Å². The molecule has 1 aliphatic rings. The van der Waals surface area contributed by atoms with Gasteiger partial charge in [-0.25, -0.2) is 4.39 Å². The Labute approximate surface area is 169 Å². The zero-order chi connectivity index (χ0) is 21.0. The van der Waals surface area contributed by atoms with Gasteiger partial charge in [0.15, 0.2) is 0 Å². The Morgan fingerprint density at radius 1 is 1.14 bits per heavy atom. The third-order valence-corrected chi connectivity index (χ3v) is 5.67. The lowest BCUT2D eigenvalue weighted by molar-refractivity contribution is -0.386. The molecule has 1 aliphatic carbocycles. The topological polar surface area (TPSA) is 75.5 Å². The van der Waals surface area contributed by atoms with Gasteiger partial charge in [-0.2, -0.15) is 0 Å². The molecule has 7 heteroatoms. The molecule has 0 aromatic heterocycles. The van der Waals surface area contributed by atoms with Crippen molar-refractivity contribution < 1.29 is 14.1 Å². The van der Waals surface area contributed by atoms with Crippen LogP contribution in [-0.4, -0.2) is 35.9 Å². The normalized spacial score (nSPS) is 20.3. The molecular formula is C22H26FN3O3. The highest BCUT2D eigenvalue weighted by Gasteiger charge is 2.37. The summed E-state index contributed by atoms with van der Waals surface area (Å²) in [5, 5.41) is 14.6. The van der Waals surface area contributed by atoms with E-state index in [1.54, 1.807) is 30.3 Å². The van der Waals surface area contributed by atoms with E-state index in [0.29, 0.717) is 5.56 Å². The first kappa shape index (κ1) is 20.9. The molecule has 1 fully saturated rings. The van der Waals surface area contributed by atoms with E-state index >= 15 is 0 Å². The Balaban J connectivity index is 1.92. The predicted molar refractivity (Wildman–Crippen MR) is 109 cm³/mol. The molecule has 1 amide bonds. The van der Waals surface area contributed by atoms with Crippen LogP contribution in [-0.2, 0) is 0 Å². The van der Waals surface area contributed by atoms with Crippen molar-refractivity contribution in [3.05, 3.63) is 75.6 Å². The van der Waals surface area contributed by atoms with Crippen molar-refractivity contribution in [1.29, 1.82) is 0 Å². The monoisotopic (exact) mass is 399 g/mol. The van der Waals surface area contributed by atoms with Crippen LogP contribution in [0, 0.1) is 21.8 Å². The van der Waals surface area contributed by atoms with Crippen LogP contribution in [0.1, 0.15) is 47.6 Å². The van der Waals surface area contributed by atoms with E-state index in [4.69, 9.17) is 0 Å². The van der Waals surface area contributed by atoms with Gasteiger partial charge >= 0.3 is 0 Å². The molecule has 0 aliphatic heterocycles. The largest absolute Gasteiger partial charge is 0.349 e. The minimum Gasteiger partial charge on any atom is -0.349 e. The van der Waals surface area contributed by atoms with E-state index in [-0.39, 0.29) is 34.2 Å². The zero-order valence-electron chi connectivity index (χ0n) is 16.7. The average Bonchev–Trinajstić information content (AvgIpc) is 2.69. The van der Waals surface area contributed by atoms with Crippen molar-refractivity contribution in [3.63, 3.8) is 0 Å². The zero-order valence-corrected chi connectivity index (χ0v) is 16.7. The minimum atomic E-state index is -0.555. The number of hydrogen-bond acceptors (Lipinski definition) is 4. The summed E-state index contributed by atoms with van der Waals surface area (Å²) in [6, 6.07) is 12.2. The smallest absolute Gasteiger partial charge is 0.274 e. The Morgan fingerprint density at radius 3 is 2.48 bits per heavy atom. The summed E-state index contributed by atoms with van der Waals surface area (Å²) in [4.78, 5) is 25.9. The summed E-state index contributed by atoms with van der Waals surface area (Å²) in [5.41, 5.74) is 0.736. The van der Waals surface area contributed by atoms with Gasteiger partial charge in [0.25, 0.3) is 11.6 Å². The molecule has 3 rings (SSSR count). The molecule has 6 nitrogen and oxygen atoms in total. The molecule has 3 atom stereocenters. The summed E-state index contributed by atoms with van der Waals surface area (Å²) in [7, 11) is 3.79. The van der Waals surface area contributed by atoms with Crippen LogP contribution in [0.3, 0.4) is 0 Å². The number of nitrogens with one attached hydrogen (secondary N) is 1. The molecule has 3 unspecified atom stereocenters. The van der Waals surface area contributed by atoms with Crippen LogP contribution in [0.2, 0.25) is 0 Å². The van der Waals surface area contributed by atoms with Crippen molar-refractivity contribution in [2.24, 2.45) is 5.92 Å². The Kier molecular flexibility index (Phi) is 6.59. The number of nitro benzene ring substituents is 1. The lowest BCUT2D eigenvalue weighted by Crippen LogP contribution is -2.47. The fourth-order valence-electron chi connectivity index (χ4n) is 4.40. The lowest BCUT2D eigenvalue weighted by atomic mass is 9.76. The molecule has 154 valence electrons. The molecule has 0 spiro atoms. The van der Waals surface area contributed by atoms with Gasteiger partial charge in [0, 0.05) is 23.7 Å². The van der Waals surface area contributed by atoms with Crippen LogP contribution in [0.15, 0.2) is 48.5 Å². The summed E-state index contributed by atoms with van der Waals surface area (Å²) < 4.78 is 14.0. The highest BCUT2D eigenvalue weighted by molar-refractivity contribution is 5.94. The molecule has 2 aromatic rings. The number of hydrogen-bond donors (Lipinski definition) is 1. The summed E-state index contributed by atoms with van der Waals surface area (Å²) in [6.45, 7) is 0. The second-order valence-electron chi connectivity index (χ2n) is 7.73. The van der Waals surface area contributed by atoms with Gasteiger partial charge in [-0.15, -0.1) is 0 Å². The van der Waals surface area contributed by atoms with E-state index in [1.165, 1.54) is 18.2 Å². The molecule has 0 heterocycles. The summed E-state index contributed by atoms with van der Waals surface area (Å²) in [5.74, 6) is -1.02. The molecule has 2 aromatic carbocycles. The summed E-state index contributed by atoms with van der Waals surface area (Å²) in [6.07, 6.45) is 3.53. The Morgan fingerprint density at radius 2 is 1.79 bits per heavy atom. The highest BCUT2D eigenvalue weighted by atomic mass is 19.1. The van der Waals surface area contributed by atoms with Crippen molar-refractivity contribution in [2.45, 2.75) is 37.8 Å². The molecular weight excluding hydrogens is 373 g/mol. The maximum Gasteiger partial charge on any atom is 0.274 e. The Hall–Kier alpha value is -2.80. The van der Waals surface area contributed by atoms with E-state index in [2.05, 4.69) is 5.32 Å². The fourth-order valence-corrected chi connectivity index (χ4v) is 4.40. The average molecular weight is 399 g/mol. The molecule has 0 bridgehead atoms. The maximum atomic E-state index is 14.0. The van der Waals surface area contributed by atoms with Gasteiger partial charge in [0.1, 0.15) is 5.82 Å². The number of amides is 1. The molecule has 29 heavy (non-hydrogen) atoms. The van der Waals surface area contributed by atoms with Gasteiger partial charge in [0.05, 0.1) is 10.5 Å². The number of nitro groups is 1. The number of carbonyl (C=O) groups is 1. The highest BCUT2D eigenvalue weighted by Crippen LogP contribution is 2.40. The second-order valence-corrected chi connectivity index (χ2v) is 7.73. The van der Waals surface area contributed by atoms with Crippen LogP contribution < -0.4 is 5.32 Å². The van der Waals surface area contributed by atoms with Gasteiger partial charge in [-0.1, -0.05) is 43.2 Å². The predicted octanol–water partition coefficient (Wildman–Crippen LogP) is 4.33. The van der Waals surface area contributed by atoms with Crippen LogP contribution in [0.5, 0.6) is 0 Å². The third kappa shape index (κ3) is 4.62. The minimum absolute atomic E-state index is 0.0175. The van der Waals surface area contributed by atoms with Crippen LogP contribution in [0.4, 0.5) is 10.1 Å². The van der Waals surface area contributed by atoms with Crippen LogP contribution in [0.25, 0.3) is 0 Å². The Bertz CT molecular complexity index is 887. The van der Waals surface area contributed by atoms with Crippen LogP contribution >= 0.6 is 0 Å². The number of nitrogens with zero attached hydrogens (tertiary/aromatic N) is 2. The van der Waals surface area contributed by atoms with Crippen molar-refractivity contribution in [1.82, 2.24) is 10.2 Å². The summed E-state index contributed by atoms with van der Waals surface area (Å²) >= 11 is 0. The van der Waals surface area contributed by atoms with Gasteiger partial charge in [0.2, 0.25) is 0 Å². The first-order chi connectivity index (χ1) is 13.9. The SMILES string of the molecule is CN(C)C(c1ccccc1[N+](=O)[O-])C1CCCCC1NC(=O)c1ccccc1F. The first-order valence-corrected chi connectivity index (χ1v) is 9.85. The molecule has 1 N–H and O–H groups in total. The van der Waals surface area contributed by atoms with E-state index in [1.807, 2.05) is 19.0 Å². The number of rotatable bonds is 6.